The largest absolute Gasteiger partial charge is 0.478 e. The van der Waals surface area contributed by atoms with E-state index in [1.54, 1.807) is 0 Å². The summed E-state index contributed by atoms with van der Waals surface area (Å²) in [5, 5.41) is 17.8. The minimum absolute atomic E-state index is 0.0225. The highest BCUT2D eigenvalue weighted by molar-refractivity contribution is 5.80. The van der Waals surface area contributed by atoms with Gasteiger partial charge in [0.15, 0.2) is 0 Å². The van der Waals surface area contributed by atoms with Gasteiger partial charge in [-0.2, -0.15) is 0 Å². The second kappa shape index (κ2) is 4.47. The van der Waals surface area contributed by atoms with Gasteiger partial charge in [-0.05, 0) is 61.2 Å². The average molecular weight is 276 g/mol. The van der Waals surface area contributed by atoms with Crippen LogP contribution in [0.4, 0.5) is 0 Å². The fourth-order valence-electron chi connectivity index (χ4n) is 5.29. The first-order chi connectivity index (χ1) is 9.40. The molecule has 0 aromatic heterocycles. The molecule has 4 heteroatoms. The highest BCUT2D eigenvalue weighted by Crippen LogP contribution is 2.66. The van der Waals surface area contributed by atoms with Crippen LogP contribution < -0.4 is 0 Å². The molecule has 0 spiro atoms. The number of carbonyl (C=O) groups is 2. The summed E-state index contributed by atoms with van der Waals surface area (Å²) in [7, 11) is 0. The number of carboxylic acids is 2. The maximum absolute atomic E-state index is 10.8. The molecule has 4 bridgehead atoms. The first-order valence-corrected chi connectivity index (χ1v) is 7.25. The monoisotopic (exact) mass is 276 g/mol. The van der Waals surface area contributed by atoms with Crippen LogP contribution in [0.25, 0.3) is 0 Å². The molecule has 4 aliphatic carbocycles. The lowest BCUT2D eigenvalue weighted by Crippen LogP contribution is -2.50. The van der Waals surface area contributed by atoms with Crippen molar-refractivity contribution in [3.05, 3.63) is 24.3 Å². The van der Waals surface area contributed by atoms with E-state index >= 15 is 0 Å². The van der Waals surface area contributed by atoms with Gasteiger partial charge in [-0.25, -0.2) is 9.59 Å². The standard InChI is InChI=1S/C16H20O4/c17-13(18)1-3-15-6-11-5-12(7-15)9-16(8-11,10-15)4-2-14(19)20/h1-4,11-12H,5-10H2,(H,17,18)(H,19,20)/b3-1+,4-2+. The SMILES string of the molecule is O=C(O)/C=C/C12CC3CC(C1)CC(/C=C/C(=O)O)(C3)C2. The van der Waals surface area contributed by atoms with E-state index in [2.05, 4.69) is 0 Å². The zero-order chi connectivity index (χ0) is 14.4. The summed E-state index contributed by atoms with van der Waals surface area (Å²) < 4.78 is 0. The molecule has 108 valence electrons. The molecule has 4 aliphatic rings. The number of rotatable bonds is 4. The first-order valence-electron chi connectivity index (χ1n) is 7.25. The van der Waals surface area contributed by atoms with Gasteiger partial charge >= 0.3 is 11.9 Å². The molecule has 0 aromatic rings. The van der Waals surface area contributed by atoms with E-state index in [9.17, 15) is 9.59 Å². The number of aliphatic carboxylic acids is 2. The van der Waals surface area contributed by atoms with Crippen LogP contribution >= 0.6 is 0 Å². The Morgan fingerprint density at radius 1 is 0.850 bits per heavy atom. The predicted octanol–water partition coefficient (Wildman–Crippen LogP) is 2.85. The number of allylic oxidation sites excluding steroid dienone is 2. The lowest BCUT2D eigenvalue weighted by molar-refractivity contribution is -0.132. The number of hydrogen-bond acceptors (Lipinski definition) is 2. The first kappa shape index (κ1) is 13.4. The summed E-state index contributed by atoms with van der Waals surface area (Å²) in [5.41, 5.74) is -0.0450. The van der Waals surface area contributed by atoms with Crippen LogP contribution in [0.5, 0.6) is 0 Å². The minimum atomic E-state index is -0.893. The normalized spacial score (nSPS) is 42.6. The summed E-state index contributed by atoms with van der Waals surface area (Å²) in [6.07, 6.45) is 12.7. The molecule has 4 rings (SSSR count). The molecule has 0 aliphatic heterocycles. The molecule has 0 heterocycles. The van der Waals surface area contributed by atoms with E-state index in [1.807, 2.05) is 12.2 Å². The molecular formula is C16H20O4. The topological polar surface area (TPSA) is 74.6 Å². The van der Waals surface area contributed by atoms with Gasteiger partial charge in [0.25, 0.3) is 0 Å². The summed E-state index contributed by atoms with van der Waals surface area (Å²) in [4.78, 5) is 21.6. The Hall–Kier alpha value is -1.58. The van der Waals surface area contributed by atoms with E-state index in [4.69, 9.17) is 10.2 Å². The second-order valence-electron chi connectivity index (χ2n) is 7.03. The van der Waals surface area contributed by atoms with Crippen LogP contribution in [0.15, 0.2) is 24.3 Å². The second-order valence-corrected chi connectivity index (χ2v) is 7.03. The Labute approximate surface area is 118 Å². The van der Waals surface area contributed by atoms with Gasteiger partial charge in [0.05, 0.1) is 0 Å². The van der Waals surface area contributed by atoms with Crippen molar-refractivity contribution >= 4 is 11.9 Å². The van der Waals surface area contributed by atoms with Gasteiger partial charge in [-0.1, -0.05) is 12.2 Å². The van der Waals surface area contributed by atoms with Crippen LogP contribution in [0, 0.1) is 22.7 Å². The van der Waals surface area contributed by atoms with E-state index in [1.165, 1.54) is 18.6 Å². The molecule has 4 saturated carbocycles. The highest BCUT2D eigenvalue weighted by Gasteiger charge is 2.55. The Morgan fingerprint density at radius 2 is 1.25 bits per heavy atom. The maximum atomic E-state index is 10.8. The van der Waals surface area contributed by atoms with Gasteiger partial charge in [-0.3, -0.25) is 0 Å². The van der Waals surface area contributed by atoms with Crippen LogP contribution in [-0.2, 0) is 9.59 Å². The highest BCUT2D eigenvalue weighted by atomic mass is 16.4. The quantitative estimate of drug-likeness (QED) is 0.774. The van der Waals surface area contributed by atoms with Crippen molar-refractivity contribution in [2.75, 3.05) is 0 Å². The van der Waals surface area contributed by atoms with Gasteiger partial charge in [0.1, 0.15) is 0 Å². The van der Waals surface area contributed by atoms with E-state index in [-0.39, 0.29) is 10.8 Å². The van der Waals surface area contributed by atoms with Gasteiger partial charge < -0.3 is 10.2 Å². The zero-order valence-corrected chi connectivity index (χ0v) is 11.4. The molecule has 2 N–H and O–H groups in total. The zero-order valence-electron chi connectivity index (χ0n) is 11.4. The third kappa shape index (κ3) is 2.39. The summed E-state index contributed by atoms with van der Waals surface area (Å²) in [6, 6.07) is 0. The van der Waals surface area contributed by atoms with Crippen molar-refractivity contribution < 1.29 is 19.8 Å². The fraction of sp³-hybridized carbons (Fsp3) is 0.625. The molecule has 0 aromatic carbocycles. The average Bonchev–Trinajstić information content (AvgIpc) is 2.33. The minimum Gasteiger partial charge on any atom is -0.478 e. The van der Waals surface area contributed by atoms with Crippen molar-refractivity contribution in [3.8, 4) is 0 Å². The number of hydrogen-bond donors (Lipinski definition) is 2. The van der Waals surface area contributed by atoms with Crippen molar-refractivity contribution in [1.82, 2.24) is 0 Å². The molecule has 4 nitrogen and oxygen atoms in total. The predicted molar refractivity (Wildman–Crippen MR) is 73.1 cm³/mol. The van der Waals surface area contributed by atoms with E-state index < -0.39 is 11.9 Å². The molecule has 0 unspecified atom stereocenters. The third-order valence-electron chi connectivity index (χ3n) is 5.31. The summed E-state index contributed by atoms with van der Waals surface area (Å²) in [5.74, 6) is -0.548. The Morgan fingerprint density at radius 3 is 1.60 bits per heavy atom. The van der Waals surface area contributed by atoms with Crippen molar-refractivity contribution in [3.63, 3.8) is 0 Å². The third-order valence-corrected chi connectivity index (χ3v) is 5.31. The smallest absolute Gasteiger partial charge is 0.327 e. The molecule has 4 fully saturated rings. The Bertz CT molecular complexity index is 447. The molecular weight excluding hydrogens is 256 g/mol. The summed E-state index contributed by atoms with van der Waals surface area (Å²) >= 11 is 0. The Balaban J connectivity index is 1.89. The summed E-state index contributed by atoms with van der Waals surface area (Å²) in [6.45, 7) is 0. The molecule has 20 heavy (non-hydrogen) atoms. The van der Waals surface area contributed by atoms with Crippen LogP contribution in [0.1, 0.15) is 38.5 Å². The van der Waals surface area contributed by atoms with Crippen molar-refractivity contribution in [2.45, 2.75) is 38.5 Å². The van der Waals surface area contributed by atoms with Gasteiger partial charge in [-0.15, -0.1) is 0 Å². The van der Waals surface area contributed by atoms with E-state index in [0.29, 0.717) is 11.8 Å². The van der Waals surface area contributed by atoms with Crippen molar-refractivity contribution in [2.24, 2.45) is 22.7 Å². The van der Waals surface area contributed by atoms with Crippen molar-refractivity contribution in [1.29, 1.82) is 0 Å². The molecule has 0 atom stereocenters. The van der Waals surface area contributed by atoms with Gasteiger partial charge in [0, 0.05) is 12.2 Å². The molecule has 0 radical (unpaired) electrons. The van der Waals surface area contributed by atoms with Crippen LogP contribution in [0.3, 0.4) is 0 Å². The lowest BCUT2D eigenvalue weighted by atomic mass is 9.44. The Kier molecular flexibility index (Phi) is 3.00. The maximum Gasteiger partial charge on any atom is 0.327 e. The lowest BCUT2D eigenvalue weighted by Gasteiger charge is -2.60. The van der Waals surface area contributed by atoms with E-state index in [0.717, 1.165) is 32.1 Å². The van der Waals surface area contributed by atoms with Crippen LogP contribution in [-0.4, -0.2) is 22.2 Å². The molecule has 0 amide bonds. The molecule has 0 saturated heterocycles. The van der Waals surface area contributed by atoms with Crippen LogP contribution in [0.2, 0.25) is 0 Å². The number of carboxylic acid groups (broad SMARTS) is 2. The fourth-order valence-corrected chi connectivity index (χ4v) is 5.29. The van der Waals surface area contributed by atoms with Gasteiger partial charge in [0.2, 0.25) is 0 Å².